The number of carboxylic acid groups (broad SMARTS) is 1. The number of rotatable bonds is 3. The molecule has 1 heterocycles. The Bertz CT molecular complexity index is 538. The number of aromatic carboxylic acids is 1. The van der Waals surface area contributed by atoms with Crippen LogP contribution in [0.5, 0.6) is 11.5 Å². The smallest absolute Gasteiger partial charge is 0.354 e. The number of nitrogens with two attached hydrogens (primary N) is 1. The molecular weight excluding hydrogens is 220 g/mol. The van der Waals surface area contributed by atoms with Gasteiger partial charge in [0.2, 0.25) is 0 Å². The van der Waals surface area contributed by atoms with Crippen LogP contribution in [0, 0.1) is 0 Å². The zero-order valence-corrected chi connectivity index (χ0v) is 8.83. The normalized spacial score (nSPS) is 9.88. The van der Waals surface area contributed by atoms with Gasteiger partial charge in [-0.1, -0.05) is 12.1 Å². The van der Waals surface area contributed by atoms with Crippen molar-refractivity contribution in [3.05, 3.63) is 48.3 Å². The minimum Gasteiger partial charge on any atom is -0.477 e. The van der Waals surface area contributed by atoms with Gasteiger partial charge < -0.3 is 15.6 Å². The van der Waals surface area contributed by atoms with E-state index in [4.69, 9.17) is 15.6 Å². The Morgan fingerprint density at radius 3 is 2.59 bits per heavy atom. The van der Waals surface area contributed by atoms with Gasteiger partial charge >= 0.3 is 5.97 Å². The molecule has 0 aliphatic heterocycles. The van der Waals surface area contributed by atoms with Crippen molar-refractivity contribution in [1.82, 2.24) is 4.98 Å². The predicted octanol–water partition coefficient (Wildman–Crippen LogP) is 2.15. The van der Waals surface area contributed by atoms with Gasteiger partial charge in [0.25, 0.3) is 0 Å². The molecule has 0 unspecified atom stereocenters. The maximum absolute atomic E-state index is 10.6. The van der Waals surface area contributed by atoms with Crippen molar-refractivity contribution in [2.45, 2.75) is 0 Å². The number of hydrogen-bond donors (Lipinski definition) is 2. The largest absolute Gasteiger partial charge is 0.477 e. The van der Waals surface area contributed by atoms with Crippen molar-refractivity contribution >= 4 is 11.7 Å². The summed E-state index contributed by atoms with van der Waals surface area (Å²) in [5, 5.41) is 8.69. The van der Waals surface area contributed by atoms with Crippen molar-refractivity contribution < 1.29 is 14.6 Å². The van der Waals surface area contributed by atoms with Gasteiger partial charge in [-0.25, -0.2) is 9.78 Å². The molecule has 0 fully saturated rings. The molecule has 0 spiro atoms. The second kappa shape index (κ2) is 4.52. The molecule has 5 nitrogen and oxygen atoms in total. The van der Waals surface area contributed by atoms with E-state index in [2.05, 4.69) is 4.98 Å². The molecule has 1 aromatic carbocycles. The molecule has 2 rings (SSSR count). The molecule has 0 bridgehead atoms. The predicted molar refractivity (Wildman–Crippen MR) is 62.1 cm³/mol. The summed E-state index contributed by atoms with van der Waals surface area (Å²) in [5.41, 5.74) is 6.19. The lowest BCUT2D eigenvalue weighted by Crippen LogP contribution is -1.99. The Labute approximate surface area is 97.5 Å². The fourth-order valence-electron chi connectivity index (χ4n) is 1.27. The summed E-state index contributed by atoms with van der Waals surface area (Å²) < 4.78 is 5.46. The number of benzene rings is 1. The standard InChI is InChI=1S/C12H10N2O3/c13-9-3-1-2-4-11(9)17-8-5-6-10(12(15)16)14-7-8/h1-7H,13H2,(H,15,16). The summed E-state index contributed by atoms with van der Waals surface area (Å²) >= 11 is 0. The van der Waals surface area contributed by atoms with Crippen LogP contribution in [0.3, 0.4) is 0 Å². The maximum Gasteiger partial charge on any atom is 0.354 e. The number of anilines is 1. The van der Waals surface area contributed by atoms with E-state index in [-0.39, 0.29) is 5.69 Å². The van der Waals surface area contributed by atoms with E-state index in [1.165, 1.54) is 18.3 Å². The van der Waals surface area contributed by atoms with Crippen LogP contribution in [-0.2, 0) is 0 Å². The lowest BCUT2D eigenvalue weighted by molar-refractivity contribution is 0.0690. The molecule has 17 heavy (non-hydrogen) atoms. The van der Waals surface area contributed by atoms with Crippen LogP contribution in [-0.4, -0.2) is 16.1 Å². The third-order valence-corrected chi connectivity index (χ3v) is 2.10. The number of hydrogen-bond acceptors (Lipinski definition) is 4. The van der Waals surface area contributed by atoms with Crippen LogP contribution in [0.15, 0.2) is 42.6 Å². The minimum atomic E-state index is -1.07. The van der Waals surface area contributed by atoms with E-state index in [0.717, 1.165) is 0 Å². The van der Waals surface area contributed by atoms with Crippen molar-refractivity contribution in [1.29, 1.82) is 0 Å². The Hall–Kier alpha value is -2.56. The highest BCUT2D eigenvalue weighted by Crippen LogP contribution is 2.26. The lowest BCUT2D eigenvalue weighted by atomic mass is 10.3. The molecule has 0 radical (unpaired) electrons. The first-order chi connectivity index (χ1) is 8.16. The zero-order chi connectivity index (χ0) is 12.3. The van der Waals surface area contributed by atoms with Gasteiger partial charge in [-0.05, 0) is 24.3 Å². The van der Waals surface area contributed by atoms with Crippen molar-refractivity contribution in [3.63, 3.8) is 0 Å². The lowest BCUT2D eigenvalue weighted by Gasteiger charge is -2.07. The van der Waals surface area contributed by atoms with E-state index in [0.29, 0.717) is 17.2 Å². The van der Waals surface area contributed by atoms with Gasteiger partial charge in [0, 0.05) is 0 Å². The van der Waals surface area contributed by atoms with Crippen LogP contribution in [0.1, 0.15) is 10.5 Å². The summed E-state index contributed by atoms with van der Waals surface area (Å²) in [6, 6.07) is 9.94. The summed E-state index contributed by atoms with van der Waals surface area (Å²) in [5.74, 6) is -0.124. The summed E-state index contributed by atoms with van der Waals surface area (Å²) in [6.45, 7) is 0. The molecule has 2 aromatic rings. The highest BCUT2D eigenvalue weighted by atomic mass is 16.5. The second-order valence-electron chi connectivity index (χ2n) is 3.32. The van der Waals surface area contributed by atoms with Crippen molar-refractivity contribution in [2.75, 3.05) is 5.73 Å². The van der Waals surface area contributed by atoms with Crippen LogP contribution in [0.2, 0.25) is 0 Å². The van der Waals surface area contributed by atoms with E-state index < -0.39 is 5.97 Å². The number of para-hydroxylation sites is 2. The Morgan fingerprint density at radius 1 is 1.24 bits per heavy atom. The monoisotopic (exact) mass is 230 g/mol. The van der Waals surface area contributed by atoms with Crippen molar-refractivity contribution in [2.24, 2.45) is 0 Å². The van der Waals surface area contributed by atoms with Gasteiger partial charge in [-0.2, -0.15) is 0 Å². The minimum absolute atomic E-state index is 0.0293. The molecule has 1 aromatic heterocycles. The Balaban J connectivity index is 2.20. The number of carboxylic acids is 1. The highest BCUT2D eigenvalue weighted by molar-refractivity contribution is 5.85. The number of carbonyl (C=O) groups is 1. The number of nitrogens with zero attached hydrogens (tertiary/aromatic N) is 1. The Kier molecular flexibility index (Phi) is 2.91. The average Bonchev–Trinajstić information content (AvgIpc) is 2.33. The van der Waals surface area contributed by atoms with Gasteiger partial charge in [0.15, 0.2) is 0 Å². The molecule has 0 amide bonds. The van der Waals surface area contributed by atoms with Gasteiger partial charge in [0.1, 0.15) is 17.2 Å². The van der Waals surface area contributed by atoms with Gasteiger partial charge in [0.05, 0.1) is 11.9 Å². The molecule has 0 atom stereocenters. The van der Waals surface area contributed by atoms with E-state index in [9.17, 15) is 4.79 Å². The van der Waals surface area contributed by atoms with Gasteiger partial charge in [-0.3, -0.25) is 0 Å². The van der Waals surface area contributed by atoms with Crippen molar-refractivity contribution in [3.8, 4) is 11.5 Å². The summed E-state index contributed by atoms with van der Waals surface area (Å²) in [4.78, 5) is 14.3. The van der Waals surface area contributed by atoms with E-state index >= 15 is 0 Å². The Morgan fingerprint density at radius 2 is 2.00 bits per heavy atom. The van der Waals surface area contributed by atoms with E-state index in [1.807, 2.05) is 0 Å². The molecule has 0 aliphatic rings. The van der Waals surface area contributed by atoms with Crippen LogP contribution in [0.25, 0.3) is 0 Å². The first-order valence-corrected chi connectivity index (χ1v) is 4.88. The first-order valence-electron chi connectivity index (χ1n) is 4.88. The van der Waals surface area contributed by atoms with Crippen LogP contribution < -0.4 is 10.5 Å². The third-order valence-electron chi connectivity index (χ3n) is 2.10. The quantitative estimate of drug-likeness (QED) is 0.789. The topological polar surface area (TPSA) is 85.4 Å². The summed E-state index contributed by atoms with van der Waals surface area (Å²) in [6.07, 6.45) is 1.34. The third kappa shape index (κ3) is 2.52. The van der Waals surface area contributed by atoms with Gasteiger partial charge in [-0.15, -0.1) is 0 Å². The van der Waals surface area contributed by atoms with Crippen LogP contribution >= 0.6 is 0 Å². The van der Waals surface area contributed by atoms with Crippen LogP contribution in [0.4, 0.5) is 5.69 Å². The maximum atomic E-state index is 10.6. The molecule has 0 saturated carbocycles. The first kappa shape index (κ1) is 10.9. The average molecular weight is 230 g/mol. The fourth-order valence-corrected chi connectivity index (χ4v) is 1.27. The second-order valence-corrected chi connectivity index (χ2v) is 3.32. The summed E-state index contributed by atoms with van der Waals surface area (Å²) in [7, 11) is 0. The molecule has 5 heteroatoms. The molecule has 0 saturated heterocycles. The fraction of sp³-hybridized carbons (Fsp3) is 0. The molecule has 86 valence electrons. The number of nitrogen functional groups attached to an aromatic ring is 1. The molecular formula is C12H10N2O3. The van der Waals surface area contributed by atoms with E-state index in [1.54, 1.807) is 24.3 Å². The number of pyridine rings is 1. The molecule has 3 N–H and O–H groups in total. The number of ether oxygens (including phenoxy) is 1. The number of aromatic nitrogens is 1. The molecule has 0 aliphatic carbocycles. The zero-order valence-electron chi connectivity index (χ0n) is 8.83. The highest BCUT2D eigenvalue weighted by Gasteiger charge is 2.05. The SMILES string of the molecule is Nc1ccccc1Oc1ccc(C(=O)O)nc1.